The van der Waals surface area contributed by atoms with Crippen LogP contribution < -0.4 is 4.74 Å². The van der Waals surface area contributed by atoms with E-state index in [0.29, 0.717) is 6.42 Å². The maximum Gasteiger partial charge on any atom is 0.119 e. The first-order valence-electron chi connectivity index (χ1n) is 5.12. The highest BCUT2D eigenvalue weighted by Gasteiger charge is 2.09. The summed E-state index contributed by atoms with van der Waals surface area (Å²) in [5.74, 6) is 0.780. The third-order valence-electron chi connectivity index (χ3n) is 2.49. The van der Waals surface area contributed by atoms with Crippen LogP contribution in [0.1, 0.15) is 17.2 Å². The molecule has 1 heterocycles. The Morgan fingerprint density at radius 3 is 2.94 bits per heavy atom. The average Bonchev–Trinajstić information content (AvgIpc) is 2.82. The number of aliphatic hydroxyl groups is 1. The lowest BCUT2D eigenvalue weighted by Crippen LogP contribution is -2.01. The van der Waals surface area contributed by atoms with Gasteiger partial charge in [0.05, 0.1) is 13.2 Å². The molecule has 2 nitrogen and oxygen atoms in total. The molecule has 0 amide bonds. The molecule has 0 aliphatic rings. The van der Waals surface area contributed by atoms with Crippen LogP contribution >= 0.6 is 11.3 Å². The quantitative estimate of drug-likeness (QED) is 0.881. The Hall–Kier alpha value is -1.32. The van der Waals surface area contributed by atoms with Gasteiger partial charge in [0.15, 0.2) is 0 Å². The van der Waals surface area contributed by atoms with Crippen LogP contribution in [0.25, 0.3) is 0 Å². The fraction of sp³-hybridized carbons (Fsp3) is 0.231. The van der Waals surface area contributed by atoms with Crippen LogP contribution in [-0.4, -0.2) is 12.2 Å². The molecule has 1 aromatic heterocycles. The van der Waals surface area contributed by atoms with Crippen molar-refractivity contribution in [2.75, 3.05) is 7.11 Å². The normalized spacial score (nSPS) is 12.4. The predicted octanol–water partition coefficient (Wildman–Crippen LogP) is 3.03. The molecule has 2 rings (SSSR count). The lowest BCUT2D eigenvalue weighted by atomic mass is 10.0. The molecule has 2 aromatic rings. The molecule has 16 heavy (non-hydrogen) atoms. The van der Waals surface area contributed by atoms with E-state index < -0.39 is 6.10 Å². The molecular weight excluding hydrogens is 220 g/mol. The highest BCUT2D eigenvalue weighted by Crippen LogP contribution is 2.22. The fourth-order valence-electron chi connectivity index (χ4n) is 1.60. The lowest BCUT2D eigenvalue weighted by molar-refractivity contribution is 0.178. The van der Waals surface area contributed by atoms with Crippen molar-refractivity contribution in [1.82, 2.24) is 0 Å². The molecule has 3 heteroatoms. The number of rotatable bonds is 4. The Balaban J connectivity index is 2.11. The van der Waals surface area contributed by atoms with Crippen LogP contribution in [0.5, 0.6) is 5.75 Å². The second-order valence-electron chi connectivity index (χ2n) is 3.63. The molecular formula is C13H14O2S. The van der Waals surface area contributed by atoms with Crippen LogP contribution in [0.4, 0.5) is 0 Å². The van der Waals surface area contributed by atoms with Crippen LogP contribution in [0, 0.1) is 0 Å². The third kappa shape index (κ3) is 2.62. The summed E-state index contributed by atoms with van der Waals surface area (Å²) < 4.78 is 5.13. The number of methoxy groups -OCH3 is 1. The zero-order valence-corrected chi connectivity index (χ0v) is 9.91. The monoisotopic (exact) mass is 234 g/mol. The van der Waals surface area contributed by atoms with Gasteiger partial charge in [-0.2, -0.15) is 11.3 Å². The average molecular weight is 234 g/mol. The number of ether oxygens (including phenoxy) is 1. The molecule has 1 N–H and O–H groups in total. The summed E-state index contributed by atoms with van der Waals surface area (Å²) in [6.07, 6.45) is 0.182. The summed E-state index contributed by atoms with van der Waals surface area (Å²) in [5, 5.41) is 14.1. The van der Waals surface area contributed by atoms with Gasteiger partial charge in [-0.1, -0.05) is 12.1 Å². The number of aliphatic hydroxyl groups excluding tert-OH is 1. The number of benzene rings is 1. The first-order chi connectivity index (χ1) is 7.79. The number of hydrogen-bond donors (Lipinski definition) is 1. The zero-order valence-electron chi connectivity index (χ0n) is 9.09. The van der Waals surface area contributed by atoms with E-state index in [0.717, 1.165) is 11.3 Å². The first kappa shape index (κ1) is 11.2. The molecule has 0 saturated carbocycles. The summed E-state index contributed by atoms with van der Waals surface area (Å²) in [6, 6.07) is 9.59. The molecule has 0 aliphatic carbocycles. The molecule has 1 aromatic carbocycles. The highest BCUT2D eigenvalue weighted by atomic mass is 32.1. The Kier molecular flexibility index (Phi) is 3.59. The minimum absolute atomic E-state index is 0.468. The topological polar surface area (TPSA) is 29.5 Å². The van der Waals surface area contributed by atoms with E-state index in [2.05, 4.69) is 5.38 Å². The molecule has 1 unspecified atom stereocenters. The smallest absolute Gasteiger partial charge is 0.119 e. The Labute approximate surface area is 99.1 Å². The summed E-state index contributed by atoms with van der Waals surface area (Å²) in [6.45, 7) is 0. The standard InChI is InChI=1S/C13H14O2S/c1-15-12-4-2-3-11(8-12)13(14)7-10-5-6-16-9-10/h2-6,8-9,13-14H,7H2,1H3. The molecule has 1 atom stereocenters. The van der Waals surface area contributed by atoms with Crippen LogP contribution in [0.3, 0.4) is 0 Å². The summed E-state index contributed by atoms with van der Waals surface area (Å²) >= 11 is 1.65. The van der Waals surface area contributed by atoms with E-state index >= 15 is 0 Å². The van der Waals surface area contributed by atoms with Crippen molar-refractivity contribution >= 4 is 11.3 Å². The summed E-state index contributed by atoms with van der Waals surface area (Å²) in [7, 11) is 1.63. The van der Waals surface area contributed by atoms with Crippen LogP contribution in [-0.2, 0) is 6.42 Å². The van der Waals surface area contributed by atoms with Gasteiger partial charge in [-0.15, -0.1) is 0 Å². The maximum absolute atomic E-state index is 10.1. The minimum Gasteiger partial charge on any atom is -0.497 e. The largest absolute Gasteiger partial charge is 0.497 e. The predicted molar refractivity (Wildman–Crippen MR) is 66.0 cm³/mol. The van der Waals surface area contributed by atoms with Gasteiger partial charge in [-0.3, -0.25) is 0 Å². The first-order valence-corrected chi connectivity index (χ1v) is 6.07. The Morgan fingerprint density at radius 2 is 2.25 bits per heavy atom. The van der Waals surface area contributed by atoms with Crippen molar-refractivity contribution in [2.45, 2.75) is 12.5 Å². The molecule has 0 spiro atoms. The van der Waals surface area contributed by atoms with Crippen LogP contribution in [0.2, 0.25) is 0 Å². The van der Waals surface area contributed by atoms with E-state index in [1.54, 1.807) is 18.4 Å². The van der Waals surface area contributed by atoms with Gasteiger partial charge in [0, 0.05) is 6.42 Å². The summed E-state index contributed by atoms with van der Waals surface area (Å²) in [4.78, 5) is 0. The number of hydrogen-bond acceptors (Lipinski definition) is 3. The van der Waals surface area contributed by atoms with Gasteiger partial charge in [-0.05, 0) is 40.1 Å². The second kappa shape index (κ2) is 5.14. The SMILES string of the molecule is COc1cccc(C(O)Cc2ccsc2)c1. The van der Waals surface area contributed by atoms with Gasteiger partial charge >= 0.3 is 0 Å². The van der Waals surface area contributed by atoms with Crippen molar-refractivity contribution < 1.29 is 9.84 Å². The van der Waals surface area contributed by atoms with E-state index in [1.807, 2.05) is 35.7 Å². The van der Waals surface area contributed by atoms with E-state index in [9.17, 15) is 5.11 Å². The van der Waals surface area contributed by atoms with Crippen molar-refractivity contribution in [2.24, 2.45) is 0 Å². The second-order valence-corrected chi connectivity index (χ2v) is 4.41. The number of thiophene rings is 1. The van der Waals surface area contributed by atoms with Crippen molar-refractivity contribution in [1.29, 1.82) is 0 Å². The molecule has 0 saturated heterocycles. The fourth-order valence-corrected chi connectivity index (χ4v) is 2.28. The third-order valence-corrected chi connectivity index (χ3v) is 3.22. The van der Waals surface area contributed by atoms with Crippen molar-refractivity contribution in [3.63, 3.8) is 0 Å². The maximum atomic E-state index is 10.1. The lowest BCUT2D eigenvalue weighted by Gasteiger charge is -2.11. The van der Waals surface area contributed by atoms with Crippen LogP contribution in [0.15, 0.2) is 41.1 Å². The van der Waals surface area contributed by atoms with Gasteiger partial charge in [0.1, 0.15) is 5.75 Å². The van der Waals surface area contributed by atoms with Crippen molar-refractivity contribution in [3.8, 4) is 5.75 Å². The molecule has 0 fully saturated rings. The van der Waals surface area contributed by atoms with Gasteiger partial charge in [-0.25, -0.2) is 0 Å². The van der Waals surface area contributed by atoms with E-state index in [1.165, 1.54) is 5.56 Å². The van der Waals surface area contributed by atoms with Gasteiger partial charge in [0.2, 0.25) is 0 Å². The minimum atomic E-state index is -0.468. The summed E-state index contributed by atoms with van der Waals surface area (Å²) in [5.41, 5.74) is 2.06. The zero-order chi connectivity index (χ0) is 11.4. The Morgan fingerprint density at radius 1 is 1.38 bits per heavy atom. The van der Waals surface area contributed by atoms with E-state index in [-0.39, 0.29) is 0 Å². The molecule has 0 radical (unpaired) electrons. The van der Waals surface area contributed by atoms with Gasteiger partial charge in [0.25, 0.3) is 0 Å². The van der Waals surface area contributed by atoms with Gasteiger partial charge < -0.3 is 9.84 Å². The molecule has 0 aliphatic heterocycles. The van der Waals surface area contributed by atoms with E-state index in [4.69, 9.17) is 4.74 Å². The molecule has 0 bridgehead atoms. The highest BCUT2D eigenvalue weighted by molar-refractivity contribution is 7.07. The van der Waals surface area contributed by atoms with Crippen molar-refractivity contribution in [3.05, 3.63) is 52.2 Å². The molecule has 84 valence electrons. The Bertz CT molecular complexity index is 437.